The molecule has 0 radical (unpaired) electrons. The Labute approximate surface area is 212 Å². The van der Waals surface area contributed by atoms with E-state index in [9.17, 15) is 0 Å². The predicted octanol–water partition coefficient (Wildman–Crippen LogP) is 6.55. The molecule has 0 amide bonds. The van der Waals surface area contributed by atoms with Crippen molar-refractivity contribution in [1.82, 2.24) is 0 Å². The van der Waals surface area contributed by atoms with E-state index >= 15 is 0 Å². The van der Waals surface area contributed by atoms with Gasteiger partial charge in [0.15, 0.2) is 0 Å². The van der Waals surface area contributed by atoms with Crippen LogP contribution in [0.4, 0.5) is 0 Å². The SMILES string of the molecule is C#CC.CC.COCOC.COCO[C@@H]1CCC[C@@H]2C1CCI1[C@](C)(COC)CCC[C@@]21C. The average Bonchev–Trinajstić information content (AvgIpc) is 2.80. The van der Waals surface area contributed by atoms with Gasteiger partial charge in [0, 0.05) is 14.2 Å². The molecule has 3 aliphatic rings. The van der Waals surface area contributed by atoms with Crippen molar-refractivity contribution < 1.29 is 23.7 Å². The topological polar surface area (TPSA) is 46.2 Å². The second kappa shape index (κ2) is 18.4. The number of alkyl halides is 3. The van der Waals surface area contributed by atoms with Crippen LogP contribution < -0.4 is 0 Å². The first-order chi connectivity index (χ1) is 15.9. The first-order valence-electron chi connectivity index (χ1n) is 12.5. The van der Waals surface area contributed by atoms with E-state index in [2.05, 4.69) is 35.7 Å². The second-order valence-electron chi connectivity index (χ2n) is 9.11. The molecule has 3 fully saturated rings. The average molecular weight is 585 g/mol. The summed E-state index contributed by atoms with van der Waals surface area (Å²) >= 11 is -1.07. The van der Waals surface area contributed by atoms with Gasteiger partial charge >= 0.3 is 150 Å². The molecule has 1 saturated carbocycles. The molecule has 0 aromatic rings. The maximum atomic E-state index is 6.10. The van der Waals surface area contributed by atoms with Gasteiger partial charge in [0.05, 0.1) is 0 Å². The Morgan fingerprint density at radius 2 is 1.48 bits per heavy atom. The van der Waals surface area contributed by atoms with Crippen LogP contribution in [-0.2, 0) is 23.7 Å². The van der Waals surface area contributed by atoms with Crippen molar-refractivity contribution in [3.8, 4) is 12.3 Å². The van der Waals surface area contributed by atoms with E-state index in [1.54, 1.807) is 28.3 Å². The minimum atomic E-state index is -1.07. The third kappa shape index (κ3) is 9.57. The number of hydrogen-bond donors (Lipinski definition) is 0. The Balaban J connectivity index is 0.000000877. The fourth-order valence-electron chi connectivity index (χ4n) is 5.87. The molecule has 1 aliphatic carbocycles. The van der Waals surface area contributed by atoms with Gasteiger partial charge in [-0.2, -0.15) is 0 Å². The summed E-state index contributed by atoms with van der Waals surface area (Å²) in [6.07, 6.45) is 14.7. The summed E-state index contributed by atoms with van der Waals surface area (Å²) in [7, 11) is 6.81. The fourth-order valence-corrected chi connectivity index (χ4v) is 17.2. The van der Waals surface area contributed by atoms with Crippen molar-refractivity contribution in [3.05, 3.63) is 0 Å². The zero-order valence-electron chi connectivity index (χ0n) is 23.0. The summed E-state index contributed by atoms with van der Waals surface area (Å²) in [5.41, 5.74) is 0. The molecule has 0 spiro atoms. The molecule has 2 aliphatic heterocycles. The monoisotopic (exact) mass is 584 g/mol. The van der Waals surface area contributed by atoms with Gasteiger partial charge in [-0.15, -0.1) is 12.3 Å². The van der Waals surface area contributed by atoms with Crippen molar-refractivity contribution in [2.45, 2.75) is 92.5 Å². The van der Waals surface area contributed by atoms with Gasteiger partial charge in [0.1, 0.15) is 6.79 Å². The Morgan fingerprint density at radius 3 is 2.00 bits per heavy atom. The summed E-state index contributed by atoms with van der Waals surface area (Å²) < 4.78 is 28.6. The van der Waals surface area contributed by atoms with Crippen LogP contribution in [0.5, 0.6) is 0 Å². The molecule has 5 nitrogen and oxygen atoms in total. The maximum absolute atomic E-state index is 6.10. The van der Waals surface area contributed by atoms with Crippen LogP contribution >= 0.6 is 19.8 Å². The van der Waals surface area contributed by atoms with Gasteiger partial charge < -0.3 is 9.47 Å². The first kappa shape index (κ1) is 33.1. The summed E-state index contributed by atoms with van der Waals surface area (Å²) in [6.45, 7) is 12.7. The van der Waals surface area contributed by atoms with E-state index in [0.717, 1.165) is 18.4 Å². The van der Waals surface area contributed by atoms with Crippen LogP contribution in [0.1, 0.15) is 79.6 Å². The predicted molar refractivity (Wildman–Crippen MR) is 148 cm³/mol. The molecule has 1 unspecified atom stereocenters. The standard InChI is InChI=1S/C19H35IO3.C3H8O2.C3H4.C2H6/c1-18(13-21-3)10-6-11-19(2)16-7-5-8-17(23-14-22-4)15(16)9-12-20(18)19;1-4-3-5-2;1-3-2;1-2/h15-17H,5-14H2,1-4H3;3H2,1-2H3;1H,2H3;1-2H3/t15?,16-,17-,18+,19+;;;/m1.../s1. The molecule has 0 bridgehead atoms. The Morgan fingerprint density at radius 1 is 0.879 bits per heavy atom. The third-order valence-electron chi connectivity index (χ3n) is 6.92. The molecular weight excluding hydrogens is 531 g/mol. The Hall–Kier alpha value is 0.0900. The molecule has 0 aromatic heterocycles. The van der Waals surface area contributed by atoms with Crippen LogP contribution in [-0.4, -0.2) is 66.0 Å². The molecule has 5 atom stereocenters. The Bertz CT molecular complexity index is 519. The van der Waals surface area contributed by atoms with Crippen LogP contribution in [0.25, 0.3) is 0 Å². The molecule has 3 rings (SSSR count). The number of terminal acetylenes is 1. The van der Waals surface area contributed by atoms with Crippen LogP contribution in [0.2, 0.25) is 0 Å². The molecule has 33 heavy (non-hydrogen) atoms. The minimum absolute atomic E-state index is 0.389. The number of methoxy groups -OCH3 is 4. The van der Waals surface area contributed by atoms with E-state index in [1.807, 2.05) is 21.0 Å². The van der Waals surface area contributed by atoms with Gasteiger partial charge in [-0.3, -0.25) is 0 Å². The quantitative estimate of drug-likeness (QED) is 0.147. The van der Waals surface area contributed by atoms with E-state index < -0.39 is 19.8 Å². The van der Waals surface area contributed by atoms with E-state index in [1.165, 1.54) is 49.4 Å². The number of hydrogen-bond acceptors (Lipinski definition) is 5. The molecular formula is C27H53IO5. The summed E-state index contributed by atoms with van der Waals surface area (Å²) in [5.74, 6) is 3.93. The van der Waals surface area contributed by atoms with Gasteiger partial charge in [-0.05, 0) is 6.92 Å². The number of ether oxygens (including phenoxy) is 5. The van der Waals surface area contributed by atoms with E-state index in [4.69, 9.17) is 14.2 Å². The summed E-state index contributed by atoms with van der Waals surface area (Å²) in [4.78, 5) is 0. The van der Waals surface area contributed by atoms with E-state index in [0.29, 0.717) is 26.5 Å². The first-order valence-corrected chi connectivity index (χ1v) is 16.2. The normalized spacial score (nSPS) is 33.3. The van der Waals surface area contributed by atoms with Crippen molar-refractivity contribution in [2.24, 2.45) is 11.8 Å². The molecule has 0 aromatic carbocycles. The number of rotatable bonds is 7. The molecule has 2 saturated heterocycles. The van der Waals surface area contributed by atoms with Gasteiger partial charge in [0.2, 0.25) is 0 Å². The van der Waals surface area contributed by atoms with Crippen molar-refractivity contribution >= 4 is 19.8 Å². The Kier molecular flexibility index (Phi) is 18.4. The van der Waals surface area contributed by atoms with Gasteiger partial charge in [0.25, 0.3) is 0 Å². The zero-order chi connectivity index (χ0) is 25.3. The van der Waals surface area contributed by atoms with Crippen LogP contribution in [0.15, 0.2) is 0 Å². The summed E-state index contributed by atoms with van der Waals surface area (Å²) in [6, 6.07) is 0. The summed E-state index contributed by atoms with van der Waals surface area (Å²) in [5, 5.41) is 0. The molecule has 2 heterocycles. The van der Waals surface area contributed by atoms with Crippen molar-refractivity contribution in [1.29, 1.82) is 0 Å². The molecule has 0 N–H and O–H groups in total. The van der Waals surface area contributed by atoms with Gasteiger partial charge in [-0.25, -0.2) is 0 Å². The van der Waals surface area contributed by atoms with E-state index in [-0.39, 0.29) is 0 Å². The molecule has 198 valence electrons. The van der Waals surface area contributed by atoms with Crippen LogP contribution in [0.3, 0.4) is 0 Å². The van der Waals surface area contributed by atoms with Crippen molar-refractivity contribution in [3.63, 3.8) is 0 Å². The van der Waals surface area contributed by atoms with Crippen molar-refractivity contribution in [2.75, 3.05) is 53.1 Å². The van der Waals surface area contributed by atoms with Gasteiger partial charge in [-0.1, -0.05) is 13.8 Å². The fraction of sp³-hybridized carbons (Fsp3) is 0.926. The zero-order valence-corrected chi connectivity index (χ0v) is 25.2. The third-order valence-corrected chi connectivity index (χ3v) is 16.9. The van der Waals surface area contributed by atoms with Crippen LogP contribution in [0, 0.1) is 24.2 Å². The number of halogens is 1. The second-order valence-corrected chi connectivity index (χ2v) is 17.3. The molecule has 6 heteroatoms. The number of fused-ring (bicyclic) bond motifs is 3.